The predicted octanol–water partition coefficient (Wildman–Crippen LogP) is 3.51. The number of alkyl halides is 3. The lowest BCUT2D eigenvalue weighted by Gasteiger charge is -2.31. The van der Waals surface area contributed by atoms with Gasteiger partial charge in [0, 0.05) is 44.2 Å². The fourth-order valence-corrected chi connectivity index (χ4v) is 5.01. The summed E-state index contributed by atoms with van der Waals surface area (Å²) >= 11 is 0. The highest BCUT2D eigenvalue weighted by atomic mass is 32.2. The number of hydrogen-bond donors (Lipinski definition) is 0. The third-order valence-corrected chi connectivity index (χ3v) is 7.67. The number of anilines is 2. The van der Waals surface area contributed by atoms with Gasteiger partial charge in [0.2, 0.25) is 5.88 Å². The lowest BCUT2D eigenvalue weighted by atomic mass is 10.1. The Labute approximate surface area is 200 Å². The molecule has 0 bridgehead atoms. The number of benzene rings is 1. The third kappa shape index (κ3) is 5.95. The van der Waals surface area contributed by atoms with E-state index in [9.17, 15) is 26.4 Å². The average molecular weight is 515 g/mol. The van der Waals surface area contributed by atoms with Gasteiger partial charge in [-0.2, -0.15) is 13.2 Å². The first-order chi connectivity index (χ1) is 16.6. The second-order valence-corrected chi connectivity index (χ2v) is 10.6. The van der Waals surface area contributed by atoms with E-state index in [0.717, 1.165) is 11.3 Å². The zero-order valence-corrected chi connectivity index (χ0v) is 19.8. The van der Waals surface area contributed by atoms with E-state index in [1.807, 2.05) is 4.90 Å². The molecular formula is C22H25F3N4O5S. The summed E-state index contributed by atoms with van der Waals surface area (Å²) in [6, 6.07) is 6.78. The standard InChI is InChI=1S/C22H25F3N4O5S/c1-2-35(31,32)17-3-4-18-15(11-17)5-10-29(18)19-12-20(27-14-26-19)34-16-6-8-28(9-7-16)21(30)33-13-22(23,24)25/h3-4,11-12,14,16H,2,5-10,13H2,1H3. The second-order valence-electron chi connectivity index (χ2n) is 8.28. The van der Waals surface area contributed by atoms with Gasteiger partial charge in [-0.1, -0.05) is 6.92 Å². The first kappa shape index (κ1) is 25.0. The van der Waals surface area contributed by atoms with Crippen molar-refractivity contribution >= 4 is 27.4 Å². The normalized spacial score (nSPS) is 16.8. The van der Waals surface area contributed by atoms with Crippen LogP contribution >= 0.6 is 0 Å². The average Bonchev–Trinajstić information content (AvgIpc) is 3.26. The van der Waals surface area contributed by atoms with Crippen molar-refractivity contribution in [2.45, 2.75) is 43.4 Å². The van der Waals surface area contributed by atoms with Crippen LogP contribution < -0.4 is 9.64 Å². The summed E-state index contributed by atoms with van der Waals surface area (Å²) in [5.74, 6) is 0.982. The molecule has 0 radical (unpaired) electrons. The monoisotopic (exact) mass is 514 g/mol. The number of aromatic nitrogens is 2. The number of ether oxygens (including phenoxy) is 2. The highest BCUT2D eigenvalue weighted by Crippen LogP contribution is 2.36. The van der Waals surface area contributed by atoms with Gasteiger partial charge < -0.3 is 19.3 Å². The number of rotatable bonds is 6. The zero-order chi connectivity index (χ0) is 25.2. The molecule has 0 spiro atoms. The van der Waals surface area contributed by atoms with Gasteiger partial charge in [0.05, 0.1) is 10.6 Å². The van der Waals surface area contributed by atoms with Crippen LogP contribution in [-0.4, -0.2) is 73.7 Å². The van der Waals surface area contributed by atoms with Gasteiger partial charge in [0.15, 0.2) is 16.4 Å². The van der Waals surface area contributed by atoms with Gasteiger partial charge in [-0.15, -0.1) is 0 Å². The summed E-state index contributed by atoms with van der Waals surface area (Å²) < 4.78 is 71.3. The first-order valence-electron chi connectivity index (χ1n) is 11.2. The van der Waals surface area contributed by atoms with Crippen molar-refractivity contribution in [1.82, 2.24) is 14.9 Å². The Bertz CT molecular complexity index is 1180. The molecule has 1 saturated heterocycles. The molecule has 1 fully saturated rings. The molecule has 0 unspecified atom stereocenters. The molecule has 2 aliphatic rings. The van der Waals surface area contributed by atoms with Gasteiger partial charge >= 0.3 is 12.3 Å². The van der Waals surface area contributed by atoms with Crippen molar-refractivity contribution in [2.24, 2.45) is 0 Å². The fraction of sp³-hybridized carbons (Fsp3) is 0.500. The molecule has 35 heavy (non-hydrogen) atoms. The summed E-state index contributed by atoms with van der Waals surface area (Å²) in [4.78, 5) is 23.8. The molecule has 0 saturated carbocycles. The molecule has 13 heteroatoms. The molecule has 1 aromatic carbocycles. The Balaban J connectivity index is 1.37. The molecular weight excluding hydrogens is 489 g/mol. The Morgan fingerprint density at radius 3 is 2.57 bits per heavy atom. The molecule has 0 atom stereocenters. The first-order valence-corrected chi connectivity index (χ1v) is 12.8. The number of piperidine rings is 1. The number of likely N-dealkylation sites (tertiary alicyclic amines) is 1. The number of carbonyl (C=O) groups is 1. The lowest BCUT2D eigenvalue weighted by molar-refractivity contribution is -0.162. The third-order valence-electron chi connectivity index (χ3n) is 5.94. The minimum Gasteiger partial charge on any atom is -0.474 e. The van der Waals surface area contributed by atoms with Crippen LogP contribution in [0.4, 0.5) is 29.5 Å². The Hall–Kier alpha value is -3.09. The molecule has 4 rings (SSSR count). The van der Waals surface area contributed by atoms with Crippen molar-refractivity contribution in [3.05, 3.63) is 36.2 Å². The molecule has 190 valence electrons. The van der Waals surface area contributed by atoms with E-state index < -0.39 is 28.7 Å². The topological polar surface area (TPSA) is 102 Å². The summed E-state index contributed by atoms with van der Waals surface area (Å²) in [6.45, 7) is 1.05. The maximum absolute atomic E-state index is 12.2. The Morgan fingerprint density at radius 2 is 1.89 bits per heavy atom. The number of halogens is 3. The molecule has 2 aliphatic heterocycles. The Kier molecular flexibility index (Phi) is 7.06. The van der Waals surface area contributed by atoms with E-state index in [-0.39, 0.29) is 24.9 Å². The Morgan fingerprint density at radius 1 is 1.14 bits per heavy atom. The number of sulfone groups is 1. The molecule has 1 amide bonds. The molecule has 1 aromatic heterocycles. The van der Waals surface area contributed by atoms with Crippen molar-refractivity contribution in [1.29, 1.82) is 0 Å². The summed E-state index contributed by atoms with van der Waals surface area (Å²) in [5, 5.41) is 0. The highest BCUT2D eigenvalue weighted by Gasteiger charge is 2.32. The van der Waals surface area contributed by atoms with Crippen LogP contribution in [0.15, 0.2) is 35.5 Å². The van der Waals surface area contributed by atoms with Crippen molar-refractivity contribution in [3.63, 3.8) is 0 Å². The summed E-state index contributed by atoms with van der Waals surface area (Å²) in [5.41, 5.74) is 1.79. The molecule has 9 nitrogen and oxygen atoms in total. The lowest BCUT2D eigenvalue weighted by Crippen LogP contribution is -2.42. The van der Waals surface area contributed by atoms with Gasteiger partial charge in [0.1, 0.15) is 18.2 Å². The minimum absolute atomic E-state index is 0.0375. The number of nitrogens with zero attached hydrogens (tertiary/aromatic N) is 4. The number of hydrogen-bond acceptors (Lipinski definition) is 8. The van der Waals surface area contributed by atoms with Gasteiger partial charge in [-0.25, -0.2) is 23.2 Å². The van der Waals surface area contributed by atoms with Gasteiger partial charge in [-0.05, 0) is 30.2 Å². The van der Waals surface area contributed by atoms with E-state index in [1.54, 1.807) is 31.2 Å². The summed E-state index contributed by atoms with van der Waals surface area (Å²) in [6.07, 6.45) is -2.94. The quantitative estimate of drug-likeness (QED) is 0.577. The SMILES string of the molecule is CCS(=O)(=O)c1ccc2c(c1)CCN2c1cc(OC2CCN(C(=O)OCC(F)(F)F)CC2)ncn1. The van der Waals surface area contributed by atoms with Crippen molar-refractivity contribution in [2.75, 3.05) is 36.9 Å². The molecule has 3 heterocycles. The molecule has 0 N–H and O–H groups in total. The zero-order valence-electron chi connectivity index (χ0n) is 19.0. The van der Waals surface area contributed by atoms with E-state index in [2.05, 4.69) is 14.7 Å². The maximum atomic E-state index is 12.2. The molecule has 2 aromatic rings. The van der Waals surface area contributed by atoms with Crippen LogP contribution in [0, 0.1) is 0 Å². The molecule has 0 aliphatic carbocycles. The van der Waals surface area contributed by atoms with Crippen LogP contribution in [0.5, 0.6) is 5.88 Å². The van der Waals surface area contributed by atoms with Crippen LogP contribution in [0.3, 0.4) is 0 Å². The smallest absolute Gasteiger partial charge is 0.422 e. The van der Waals surface area contributed by atoms with Crippen LogP contribution in [0.1, 0.15) is 25.3 Å². The predicted molar refractivity (Wildman–Crippen MR) is 120 cm³/mol. The number of amides is 1. The number of carbonyl (C=O) groups excluding carboxylic acids is 1. The van der Waals surface area contributed by atoms with Crippen LogP contribution in [0.2, 0.25) is 0 Å². The minimum atomic E-state index is -4.56. The summed E-state index contributed by atoms with van der Waals surface area (Å²) in [7, 11) is -3.29. The van der Waals surface area contributed by atoms with Crippen LogP contribution in [0.25, 0.3) is 0 Å². The highest BCUT2D eigenvalue weighted by molar-refractivity contribution is 7.91. The van der Waals surface area contributed by atoms with Crippen molar-refractivity contribution in [3.8, 4) is 5.88 Å². The van der Waals surface area contributed by atoms with E-state index in [0.29, 0.717) is 42.4 Å². The number of fused-ring (bicyclic) bond motifs is 1. The largest absolute Gasteiger partial charge is 0.474 e. The second kappa shape index (κ2) is 9.88. The van der Waals surface area contributed by atoms with Gasteiger partial charge in [0.25, 0.3) is 0 Å². The fourth-order valence-electron chi connectivity index (χ4n) is 4.08. The van der Waals surface area contributed by atoms with Crippen molar-refractivity contribution < 1.29 is 35.9 Å². The van der Waals surface area contributed by atoms with E-state index >= 15 is 0 Å². The van der Waals surface area contributed by atoms with Gasteiger partial charge in [-0.3, -0.25) is 0 Å². The van der Waals surface area contributed by atoms with Crippen LogP contribution in [-0.2, 0) is 21.0 Å². The maximum Gasteiger partial charge on any atom is 0.422 e. The van der Waals surface area contributed by atoms with E-state index in [1.165, 1.54) is 11.2 Å². The van der Waals surface area contributed by atoms with E-state index in [4.69, 9.17) is 4.74 Å².